The van der Waals surface area contributed by atoms with E-state index >= 15 is 0 Å². The van der Waals surface area contributed by atoms with E-state index in [1.54, 1.807) is 12.1 Å². The van der Waals surface area contributed by atoms with Crippen molar-refractivity contribution >= 4 is 40.5 Å². The van der Waals surface area contributed by atoms with Crippen LogP contribution in [0.25, 0.3) is 0 Å². The number of likely N-dealkylation sites (N-methyl/N-ethyl adjacent to an activating group) is 1. The first kappa shape index (κ1) is 11.4. The highest BCUT2D eigenvalue weighted by Crippen LogP contribution is 2.35. The predicted molar refractivity (Wildman–Crippen MR) is 68.6 cm³/mol. The molecule has 6 heteroatoms. The van der Waals surface area contributed by atoms with Crippen LogP contribution >= 0.6 is 23.2 Å². The molecular formula is C10H12Cl2N4. The van der Waals surface area contributed by atoms with Crippen LogP contribution in [0.5, 0.6) is 0 Å². The number of anilines is 1. The van der Waals surface area contributed by atoms with E-state index in [2.05, 4.69) is 10.3 Å². The van der Waals surface area contributed by atoms with Crippen LogP contribution in [0, 0.1) is 0 Å². The quantitative estimate of drug-likeness (QED) is 0.759. The van der Waals surface area contributed by atoms with E-state index < -0.39 is 0 Å². The Hall–Kier alpha value is -1.13. The van der Waals surface area contributed by atoms with E-state index in [1.807, 2.05) is 11.9 Å². The van der Waals surface area contributed by atoms with Gasteiger partial charge in [0.25, 0.3) is 0 Å². The first-order valence-corrected chi connectivity index (χ1v) is 5.62. The first-order chi connectivity index (χ1) is 7.58. The fourth-order valence-electron chi connectivity index (χ4n) is 1.50. The lowest BCUT2D eigenvalue weighted by Crippen LogP contribution is -2.25. The first-order valence-electron chi connectivity index (χ1n) is 4.86. The van der Waals surface area contributed by atoms with Gasteiger partial charge in [-0.2, -0.15) is 0 Å². The number of rotatable bonds is 1. The molecule has 0 unspecified atom stereocenters. The number of nitrogens with one attached hydrogen (secondary N) is 1. The fourth-order valence-corrected chi connectivity index (χ4v) is 2.09. The molecule has 1 heterocycles. The number of nitrogens with two attached hydrogens (primary N) is 1. The maximum absolute atomic E-state index is 6.04. The summed E-state index contributed by atoms with van der Waals surface area (Å²) in [4.78, 5) is 6.39. The lowest BCUT2D eigenvalue weighted by molar-refractivity contribution is 0.563. The average molecular weight is 259 g/mol. The van der Waals surface area contributed by atoms with Gasteiger partial charge in [-0.15, -0.1) is 0 Å². The molecule has 0 amide bonds. The van der Waals surface area contributed by atoms with Crippen LogP contribution in [0.2, 0.25) is 10.0 Å². The summed E-state index contributed by atoms with van der Waals surface area (Å²) in [5.41, 5.74) is 6.70. The van der Waals surface area contributed by atoms with Crippen LogP contribution in [-0.2, 0) is 0 Å². The molecule has 1 aliphatic heterocycles. The van der Waals surface area contributed by atoms with Crippen molar-refractivity contribution in [1.29, 1.82) is 0 Å². The molecule has 16 heavy (non-hydrogen) atoms. The smallest absolute Gasteiger partial charge is 0.199 e. The van der Waals surface area contributed by atoms with Gasteiger partial charge in [0.2, 0.25) is 0 Å². The second kappa shape index (κ2) is 4.39. The molecule has 1 aromatic carbocycles. The highest BCUT2D eigenvalue weighted by atomic mass is 35.5. The molecule has 4 nitrogen and oxygen atoms in total. The number of hydrogen-bond donors (Lipinski definition) is 2. The third kappa shape index (κ3) is 2.18. The Morgan fingerprint density at radius 2 is 2.00 bits per heavy atom. The molecule has 0 aliphatic carbocycles. The zero-order valence-corrected chi connectivity index (χ0v) is 10.3. The predicted octanol–water partition coefficient (Wildman–Crippen LogP) is 2.10. The minimum absolute atomic E-state index is 0.458. The Kier molecular flexibility index (Phi) is 3.12. The summed E-state index contributed by atoms with van der Waals surface area (Å²) in [6, 6.07) is 3.28. The lowest BCUT2D eigenvalue weighted by atomic mass is 10.3. The number of hydrogen-bond acceptors (Lipinski definition) is 2. The van der Waals surface area contributed by atoms with Crippen molar-refractivity contribution in [3.05, 3.63) is 22.2 Å². The van der Waals surface area contributed by atoms with Gasteiger partial charge in [0.05, 0.1) is 10.0 Å². The van der Waals surface area contributed by atoms with Gasteiger partial charge >= 0.3 is 0 Å². The van der Waals surface area contributed by atoms with Crippen LogP contribution in [-0.4, -0.2) is 31.0 Å². The molecule has 1 fully saturated rings. The van der Waals surface area contributed by atoms with Crippen molar-refractivity contribution in [2.24, 2.45) is 4.99 Å². The largest absolute Gasteiger partial charge is 0.399 e. The van der Waals surface area contributed by atoms with Gasteiger partial charge < -0.3 is 16.0 Å². The fraction of sp³-hybridized carbons (Fsp3) is 0.300. The Labute approximate surface area is 104 Å². The third-order valence-corrected chi connectivity index (χ3v) is 2.93. The molecule has 1 aromatic rings. The molecule has 0 saturated carbocycles. The van der Waals surface area contributed by atoms with E-state index in [4.69, 9.17) is 28.9 Å². The summed E-state index contributed by atoms with van der Waals surface area (Å²) in [6.07, 6.45) is 0. The monoisotopic (exact) mass is 258 g/mol. The standard InChI is InChI=1S/C10H12Cl2N4/c1-16-3-2-14-10(16)15-9-7(11)4-6(13)5-8(9)12/h4-5H,2-3,13H2,1H3,(H,14,15). The van der Waals surface area contributed by atoms with E-state index in [-0.39, 0.29) is 0 Å². The van der Waals surface area contributed by atoms with Crippen molar-refractivity contribution in [2.45, 2.75) is 0 Å². The Morgan fingerprint density at radius 1 is 1.38 bits per heavy atom. The highest BCUT2D eigenvalue weighted by Gasteiger charge is 2.15. The molecule has 86 valence electrons. The lowest BCUT2D eigenvalue weighted by Gasteiger charge is -2.11. The third-order valence-electron chi connectivity index (χ3n) is 2.35. The molecule has 0 aromatic heterocycles. The molecule has 1 saturated heterocycles. The zero-order chi connectivity index (χ0) is 11.7. The van der Waals surface area contributed by atoms with Crippen molar-refractivity contribution < 1.29 is 0 Å². The summed E-state index contributed by atoms with van der Waals surface area (Å²) in [6.45, 7) is 1.79. The number of aliphatic imine (C=N–C) groups is 1. The SMILES string of the molecule is CN1CCN/C1=N\c1c(Cl)cc(N)cc1Cl. The average Bonchev–Trinajstić information content (AvgIpc) is 2.57. The maximum Gasteiger partial charge on any atom is 0.199 e. The molecule has 0 bridgehead atoms. The number of halogens is 2. The van der Waals surface area contributed by atoms with Crippen LogP contribution in [0.4, 0.5) is 11.4 Å². The van der Waals surface area contributed by atoms with E-state index in [1.165, 1.54) is 0 Å². The van der Waals surface area contributed by atoms with Crippen LogP contribution in [0.3, 0.4) is 0 Å². The molecular weight excluding hydrogens is 247 g/mol. The van der Waals surface area contributed by atoms with Crippen molar-refractivity contribution in [2.75, 3.05) is 25.9 Å². The van der Waals surface area contributed by atoms with Crippen LogP contribution in [0.15, 0.2) is 17.1 Å². The van der Waals surface area contributed by atoms with Gasteiger partial charge in [-0.3, -0.25) is 0 Å². The highest BCUT2D eigenvalue weighted by molar-refractivity contribution is 6.39. The number of benzene rings is 1. The van der Waals surface area contributed by atoms with Crippen molar-refractivity contribution in [3.8, 4) is 0 Å². The second-order valence-electron chi connectivity index (χ2n) is 3.62. The van der Waals surface area contributed by atoms with E-state index in [0.29, 0.717) is 21.4 Å². The Balaban J connectivity index is 2.41. The molecule has 3 N–H and O–H groups in total. The number of nitrogen functional groups attached to an aromatic ring is 1. The molecule has 0 radical (unpaired) electrons. The molecule has 2 rings (SSSR count). The van der Waals surface area contributed by atoms with Gasteiger partial charge in [-0.25, -0.2) is 4.99 Å². The minimum atomic E-state index is 0.458. The number of guanidine groups is 1. The van der Waals surface area contributed by atoms with Gasteiger partial charge in [0.1, 0.15) is 5.69 Å². The molecule has 0 atom stereocenters. The van der Waals surface area contributed by atoms with Gasteiger partial charge in [0, 0.05) is 25.8 Å². The van der Waals surface area contributed by atoms with E-state index in [0.717, 1.165) is 19.0 Å². The summed E-state index contributed by atoms with van der Waals surface area (Å²) >= 11 is 12.1. The second-order valence-corrected chi connectivity index (χ2v) is 4.43. The van der Waals surface area contributed by atoms with Gasteiger partial charge in [-0.1, -0.05) is 23.2 Å². The van der Waals surface area contributed by atoms with Gasteiger partial charge in [0.15, 0.2) is 5.96 Å². The zero-order valence-electron chi connectivity index (χ0n) is 8.80. The summed E-state index contributed by atoms with van der Waals surface area (Å²) in [7, 11) is 1.96. The summed E-state index contributed by atoms with van der Waals surface area (Å²) < 4.78 is 0. The normalized spacial score (nSPS) is 17.9. The molecule has 0 spiro atoms. The van der Waals surface area contributed by atoms with Crippen LogP contribution in [0.1, 0.15) is 0 Å². The Morgan fingerprint density at radius 3 is 2.50 bits per heavy atom. The van der Waals surface area contributed by atoms with Crippen LogP contribution < -0.4 is 11.1 Å². The summed E-state index contributed by atoms with van der Waals surface area (Å²) in [5.74, 6) is 0.772. The topological polar surface area (TPSA) is 53.6 Å². The van der Waals surface area contributed by atoms with Crippen molar-refractivity contribution in [3.63, 3.8) is 0 Å². The van der Waals surface area contributed by atoms with Crippen molar-refractivity contribution in [1.82, 2.24) is 10.2 Å². The minimum Gasteiger partial charge on any atom is -0.399 e. The van der Waals surface area contributed by atoms with E-state index in [9.17, 15) is 0 Å². The Bertz CT molecular complexity index is 421. The number of nitrogens with zero attached hydrogens (tertiary/aromatic N) is 2. The maximum atomic E-state index is 6.04. The van der Waals surface area contributed by atoms with Gasteiger partial charge in [-0.05, 0) is 12.1 Å². The molecule has 1 aliphatic rings. The summed E-state index contributed by atoms with van der Waals surface area (Å²) in [5, 5.41) is 4.07.